The molecular formula is C15H11N5OS. The van der Waals surface area contributed by atoms with E-state index in [4.69, 9.17) is 4.42 Å². The van der Waals surface area contributed by atoms with E-state index in [0.29, 0.717) is 10.4 Å². The fraction of sp³-hybridized carbons (Fsp3) is 0.0667. The number of fused-ring (bicyclic) bond motifs is 1. The highest BCUT2D eigenvalue weighted by Gasteiger charge is 2.14. The normalized spacial score (nSPS) is 11.1. The van der Waals surface area contributed by atoms with Crippen molar-refractivity contribution in [2.24, 2.45) is 0 Å². The second kappa shape index (κ2) is 5.27. The largest absolute Gasteiger partial charge is 0.431 e. The van der Waals surface area contributed by atoms with Crippen LogP contribution in [0.4, 0.5) is 0 Å². The Morgan fingerprint density at radius 2 is 1.95 bits per heavy atom. The summed E-state index contributed by atoms with van der Waals surface area (Å²) in [7, 11) is 0. The van der Waals surface area contributed by atoms with Crippen LogP contribution >= 0.6 is 11.8 Å². The van der Waals surface area contributed by atoms with Crippen LogP contribution in [0.25, 0.3) is 16.8 Å². The summed E-state index contributed by atoms with van der Waals surface area (Å²) >= 11 is 1.30. The number of oxazole rings is 1. The van der Waals surface area contributed by atoms with E-state index < -0.39 is 0 Å². The van der Waals surface area contributed by atoms with Gasteiger partial charge in [-0.25, -0.2) is 4.98 Å². The Kier molecular flexibility index (Phi) is 3.12. The molecule has 4 aromatic rings. The second-order valence-corrected chi connectivity index (χ2v) is 5.68. The van der Waals surface area contributed by atoms with Crippen LogP contribution in [0.1, 0.15) is 5.56 Å². The molecule has 2 aromatic carbocycles. The molecule has 0 radical (unpaired) electrons. The number of aromatic nitrogens is 5. The maximum atomic E-state index is 5.73. The Balaban J connectivity index is 1.70. The number of aryl methyl sites for hydroxylation is 1. The summed E-state index contributed by atoms with van der Waals surface area (Å²) in [5, 5.41) is 12.9. The third kappa shape index (κ3) is 2.35. The molecule has 2 heterocycles. The van der Waals surface area contributed by atoms with E-state index in [2.05, 4.69) is 20.5 Å². The predicted molar refractivity (Wildman–Crippen MR) is 82.0 cm³/mol. The van der Waals surface area contributed by atoms with Crippen LogP contribution in [0.5, 0.6) is 0 Å². The highest BCUT2D eigenvalue weighted by molar-refractivity contribution is 7.99. The van der Waals surface area contributed by atoms with Gasteiger partial charge < -0.3 is 4.42 Å². The Morgan fingerprint density at radius 3 is 2.82 bits per heavy atom. The van der Waals surface area contributed by atoms with Crippen LogP contribution in [0, 0.1) is 6.92 Å². The van der Waals surface area contributed by atoms with Gasteiger partial charge in [0.2, 0.25) is 5.16 Å². The lowest BCUT2D eigenvalue weighted by Gasteiger charge is -2.01. The van der Waals surface area contributed by atoms with E-state index >= 15 is 0 Å². The van der Waals surface area contributed by atoms with E-state index in [9.17, 15) is 0 Å². The van der Waals surface area contributed by atoms with Crippen molar-refractivity contribution in [1.29, 1.82) is 0 Å². The minimum absolute atomic E-state index is 0.521. The average Bonchev–Trinajstić information content (AvgIpc) is 3.14. The van der Waals surface area contributed by atoms with E-state index in [0.717, 1.165) is 22.4 Å². The second-order valence-electron chi connectivity index (χ2n) is 4.76. The van der Waals surface area contributed by atoms with Crippen LogP contribution in [0.3, 0.4) is 0 Å². The van der Waals surface area contributed by atoms with Gasteiger partial charge in [-0.1, -0.05) is 24.3 Å². The lowest BCUT2D eigenvalue weighted by atomic mass is 10.2. The zero-order valence-corrected chi connectivity index (χ0v) is 12.5. The monoisotopic (exact) mass is 309 g/mol. The molecule has 0 atom stereocenters. The van der Waals surface area contributed by atoms with Gasteiger partial charge in [-0.3, -0.25) is 0 Å². The van der Waals surface area contributed by atoms with Crippen LogP contribution in [-0.2, 0) is 0 Å². The van der Waals surface area contributed by atoms with Crippen molar-refractivity contribution < 1.29 is 4.42 Å². The van der Waals surface area contributed by atoms with E-state index in [1.54, 1.807) is 4.68 Å². The quantitative estimate of drug-likeness (QED) is 0.578. The molecule has 0 aliphatic rings. The highest BCUT2D eigenvalue weighted by Crippen LogP contribution is 2.29. The zero-order valence-electron chi connectivity index (χ0n) is 11.7. The third-order valence-corrected chi connectivity index (χ3v) is 3.93. The molecular weight excluding hydrogens is 298 g/mol. The molecule has 7 heteroatoms. The molecule has 6 nitrogen and oxygen atoms in total. The van der Waals surface area contributed by atoms with Crippen LogP contribution < -0.4 is 0 Å². The van der Waals surface area contributed by atoms with Gasteiger partial charge in [-0.2, -0.15) is 4.68 Å². The van der Waals surface area contributed by atoms with Gasteiger partial charge in [0.05, 0.1) is 5.69 Å². The van der Waals surface area contributed by atoms with Crippen LogP contribution in [-0.4, -0.2) is 25.2 Å². The summed E-state index contributed by atoms with van der Waals surface area (Å²) in [4.78, 5) is 4.47. The first kappa shape index (κ1) is 13.0. The molecule has 0 saturated heterocycles. The minimum Gasteiger partial charge on any atom is -0.431 e. The molecule has 0 unspecified atom stereocenters. The number of tetrazole rings is 1. The first-order valence-electron chi connectivity index (χ1n) is 6.68. The number of para-hydroxylation sites is 1. The van der Waals surface area contributed by atoms with E-state index in [1.807, 2.05) is 55.5 Å². The molecule has 0 spiro atoms. The predicted octanol–water partition coefficient (Wildman–Crippen LogP) is 3.26. The van der Waals surface area contributed by atoms with Gasteiger partial charge in [0, 0.05) is 11.8 Å². The molecule has 0 fully saturated rings. The van der Waals surface area contributed by atoms with Crippen molar-refractivity contribution in [3.8, 4) is 5.69 Å². The molecule has 0 bridgehead atoms. The number of hydrogen-bond acceptors (Lipinski definition) is 6. The summed E-state index contributed by atoms with van der Waals surface area (Å²) in [5.41, 5.74) is 3.63. The fourth-order valence-electron chi connectivity index (χ4n) is 2.11. The molecule has 4 rings (SSSR count). The van der Waals surface area contributed by atoms with Crippen LogP contribution in [0.2, 0.25) is 0 Å². The molecule has 22 heavy (non-hydrogen) atoms. The molecule has 0 saturated carbocycles. The molecule has 0 aliphatic heterocycles. The third-order valence-electron chi connectivity index (χ3n) is 3.14. The fourth-order valence-corrected chi connectivity index (χ4v) is 2.85. The smallest absolute Gasteiger partial charge is 0.264 e. The molecule has 0 N–H and O–H groups in total. The van der Waals surface area contributed by atoms with E-state index in [-0.39, 0.29) is 0 Å². The van der Waals surface area contributed by atoms with Gasteiger partial charge in [-0.05, 0) is 47.2 Å². The maximum absolute atomic E-state index is 5.73. The van der Waals surface area contributed by atoms with Crippen LogP contribution in [0.15, 0.2) is 63.3 Å². The first-order valence-corrected chi connectivity index (χ1v) is 7.50. The summed E-state index contributed by atoms with van der Waals surface area (Å²) in [6.07, 6.45) is 0. The summed E-state index contributed by atoms with van der Waals surface area (Å²) in [5.74, 6) is 0. The van der Waals surface area contributed by atoms with Gasteiger partial charge in [-0.15, -0.1) is 5.10 Å². The Morgan fingerprint density at radius 1 is 1.09 bits per heavy atom. The van der Waals surface area contributed by atoms with Gasteiger partial charge in [0.15, 0.2) is 5.58 Å². The molecule has 108 valence electrons. The Bertz CT molecular complexity index is 931. The molecule has 0 aliphatic carbocycles. The summed E-state index contributed by atoms with van der Waals surface area (Å²) in [6, 6.07) is 15.6. The first-order chi connectivity index (χ1) is 10.8. The Hall–Kier alpha value is -2.67. The van der Waals surface area contributed by atoms with Gasteiger partial charge in [0.25, 0.3) is 5.22 Å². The van der Waals surface area contributed by atoms with Gasteiger partial charge in [0.1, 0.15) is 5.52 Å². The van der Waals surface area contributed by atoms with Crippen molar-refractivity contribution in [3.05, 3.63) is 54.1 Å². The van der Waals surface area contributed by atoms with Crippen molar-refractivity contribution >= 4 is 22.9 Å². The standard InChI is InChI=1S/C15H11N5OS/c1-10-7-8-13-12(9-10)16-15(21-13)22-14-17-18-19-20(14)11-5-3-2-4-6-11/h2-9H,1H3. The maximum Gasteiger partial charge on any atom is 0.264 e. The number of hydrogen-bond donors (Lipinski definition) is 0. The van der Waals surface area contributed by atoms with Crippen molar-refractivity contribution in [3.63, 3.8) is 0 Å². The van der Waals surface area contributed by atoms with Crippen molar-refractivity contribution in [2.45, 2.75) is 17.3 Å². The lowest BCUT2D eigenvalue weighted by molar-refractivity contribution is 0.488. The summed E-state index contributed by atoms with van der Waals surface area (Å²) in [6.45, 7) is 2.02. The zero-order chi connectivity index (χ0) is 14.9. The van der Waals surface area contributed by atoms with Crippen molar-refractivity contribution in [1.82, 2.24) is 25.2 Å². The van der Waals surface area contributed by atoms with E-state index in [1.165, 1.54) is 11.8 Å². The minimum atomic E-state index is 0.521. The molecule has 0 amide bonds. The Labute approximate surface area is 130 Å². The number of nitrogens with zero attached hydrogens (tertiary/aromatic N) is 5. The average molecular weight is 309 g/mol. The van der Waals surface area contributed by atoms with Crippen molar-refractivity contribution in [2.75, 3.05) is 0 Å². The topological polar surface area (TPSA) is 69.6 Å². The summed E-state index contributed by atoms with van der Waals surface area (Å²) < 4.78 is 7.39. The lowest BCUT2D eigenvalue weighted by Crippen LogP contribution is -1.98. The number of benzene rings is 2. The van der Waals surface area contributed by atoms with Gasteiger partial charge >= 0.3 is 0 Å². The highest BCUT2D eigenvalue weighted by atomic mass is 32.2. The number of rotatable bonds is 3. The SMILES string of the molecule is Cc1ccc2oc(Sc3nnnn3-c3ccccc3)nc2c1. The molecule has 2 aromatic heterocycles.